The topological polar surface area (TPSA) is 52.5 Å². The molecule has 0 fully saturated rings. The van der Waals surface area contributed by atoms with Gasteiger partial charge in [-0.2, -0.15) is 0 Å². The molecular formula is C16H19NO2S. The maximum absolute atomic E-state index is 9.70. The lowest BCUT2D eigenvalue weighted by atomic mass is 10.1. The summed E-state index contributed by atoms with van der Waals surface area (Å²) in [7, 11) is 0. The van der Waals surface area contributed by atoms with Gasteiger partial charge in [-0.3, -0.25) is 0 Å². The second-order valence-corrected chi connectivity index (χ2v) is 5.40. The Kier molecular flexibility index (Phi) is 5.32. The van der Waals surface area contributed by atoms with Gasteiger partial charge < -0.3 is 15.5 Å². The standard InChI is InChI=1S/C16H19NO2S/c1-20-16-5-3-2-4-13(16)11-17-9-8-12-6-7-14(18)10-15(12)19/h2-7,10,17-19H,8-9,11H2,1H3. The Hall–Kier alpha value is -1.65. The SMILES string of the molecule is CSc1ccccc1CNCCc1ccc(O)cc1O. The van der Waals surface area contributed by atoms with Gasteiger partial charge in [-0.05, 0) is 42.5 Å². The van der Waals surface area contributed by atoms with Crippen LogP contribution in [-0.4, -0.2) is 23.0 Å². The Morgan fingerprint density at radius 3 is 2.60 bits per heavy atom. The number of aromatic hydroxyl groups is 2. The van der Waals surface area contributed by atoms with Crippen molar-refractivity contribution in [3.63, 3.8) is 0 Å². The Morgan fingerprint density at radius 2 is 1.85 bits per heavy atom. The van der Waals surface area contributed by atoms with Crippen molar-refractivity contribution in [1.82, 2.24) is 5.32 Å². The van der Waals surface area contributed by atoms with Gasteiger partial charge >= 0.3 is 0 Å². The van der Waals surface area contributed by atoms with Gasteiger partial charge in [-0.1, -0.05) is 24.3 Å². The van der Waals surface area contributed by atoms with Gasteiger partial charge in [-0.15, -0.1) is 11.8 Å². The smallest absolute Gasteiger partial charge is 0.122 e. The highest BCUT2D eigenvalue weighted by atomic mass is 32.2. The summed E-state index contributed by atoms with van der Waals surface area (Å²) in [5.41, 5.74) is 2.13. The van der Waals surface area contributed by atoms with Gasteiger partial charge in [0, 0.05) is 17.5 Å². The Labute approximate surface area is 123 Å². The van der Waals surface area contributed by atoms with Crippen LogP contribution in [-0.2, 0) is 13.0 Å². The summed E-state index contributed by atoms with van der Waals surface area (Å²) in [6.07, 6.45) is 2.81. The van der Waals surface area contributed by atoms with Crippen LogP contribution in [0.3, 0.4) is 0 Å². The summed E-state index contributed by atoms with van der Waals surface area (Å²) in [5.74, 6) is 0.240. The molecule has 0 aromatic heterocycles. The molecule has 0 spiro atoms. The fraction of sp³-hybridized carbons (Fsp3) is 0.250. The zero-order chi connectivity index (χ0) is 14.4. The van der Waals surface area contributed by atoms with Gasteiger partial charge in [-0.25, -0.2) is 0 Å². The second-order valence-electron chi connectivity index (χ2n) is 4.55. The van der Waals surface area contributed by atoms with Crippen LogP contribution in [0.4, 0.5) is 0 Å². The van der Waals surface area contributed by atoms with E-state index in [9.17, 15) is 10.2 Å². The molecule has 0 heterocycles. The summed E-state index contributed by atoms with van der Waals surface area (Å²) in [6, 6.07) is 13.1. The normalized spacial score (nSPS) is 10.7. The maximum atomic E-state index is 9.70. The molecule has 0 bridgehead atoms. The van der Waals surface area contributed by atoms with Crippen molar-refractivity contribution in [1.29, 1.82) is 0 Å². The average Bonchev–Trinajstić information content (AvgIpc) is 2.46. The molecule has 0 aliphatic heterocycles. The minimum absolute atomic E-state index is 0.0908. The fourth-order valence-corrected chi connectivity index (χ4v) is 2.68. The predicted molar refractivity (Wildman–Crippen MR) is 83.4 cm³/mol. The number of hydrogen-bond donors (Lipinski definition) is 3. The van der Waals surface area contributed by atoms with Crippen LogP contribution >= 0.6 is 11.8 Å². The number of nitrogens with one attached hydrogen (secondary N) is 1. The first-order valence-electron chi connectivity index (χ1n) is 6.54. The maximum Gasteiger partial charge on any atom is 0.122 e. The highest BCUT2D eigenvalue weighted by Crippen LogP contribution is 2.23. The van der Waals surface area contributed by atoms with Crippen molar-refractivity contribution in [2.45, 2.75) is 17.9 Å². The molecule has 0 amide bonds. The lowest BCUT2D eigenvalue weighted by molar-refractivity contribution is 0.445. The number of rotatable bonds is 6. The van der Waals surface area contributed by atoms with Crippen molar-refractivity contribution in [2.75, 3.05) is 12.8 Å². The van der Waals surface area contributed by atoms with Gasteiger partial charge in [0.25, 0.3) is 0 Å². The zero-order valence-corrected chi connectivity index (χ0v) is 12.3. The van der Waals surface area contributed by atoms with Crippen LogP contribution in [0.5, 0.6) is 11.5 Å². The molecule has 0 radical (unpaired) electrons. The third kappa shape index (κ3) is 3.92. The molecule has 2 aromatic rings. The average molecular weight is 289 g/mol. The lowest BCUT2D eigenvalue weighted by Gasteiger charge is -2.09. The summed E-state index contributed by atoms with van der Waals surface area (Å²) in [6.45, 7) is 1.59. The molecule has 3 nitrogen and oxygen atoms in total. The molecule has 0 saturated heterocycles. The van der Waals surface area contributed by atoms with Crippen LogP contribution < -0.4 is 5.32 Å². The van der Waals surface area contributed by atoms with Crippen molar-refractivity contribution in [2.24, 2.45) is 0 Å². The molecular weight excluding hydrogens is 270 g/mol. The van der Waals surface area contributed by atoms with Crippen molar-refractivity contribution >= 4 is 11.8 Å². The van der Waals surface area contributed by atoms with Crippen molar-refractivity contribution in [3.05, 3.63) is 53.6 Å². The molecule has 0 aliphatic rings. The van der Waals surface area contributed by atoms with Crippen LogP contribution in [0.25, 0.3) is 0 Å². The molecule has 20 heavy (non-hydrogen) atoms. The number of thioether (sulfide) groups is 1. The molecule has 2 aromatic carbocycles. The van der Waals surface area contributed by atoms with E-state index < -0.39 is 0 Å². The van der Waals surface area contributed by atoms with E-state index in [4.69, 9.17) is 0 Å². The second kappa shape index (κ2) is 7.22. The van der Waals surface area contributed by atoms with E-state index in [1.54, 1.807) is 23.9 Å². The van der Waals surface area contributed by atoms with Gasteiger partial charge in [0.05, 0.1) is 0 Å². The molecule has 0 unspecified atom stereocenters. The van der Waals surface area contributed by atoms with Crippen LogP contribution in [0.1, 0.15) is 11.1 Å². The first-order chi connectivity index (χ1) is 9.70. The van der Waals surface area contributed by atoms with E-state index in [0.29, 0.717) is 0 Å². The van der Waals surface area contributed by atoms with Crippen LogP contribution in [0.2, 0.25) is 0 Å². The Balaban J connectivity index is 1.84. The van der Waals surface area contributed by atoms with E-state index in [1.807, 2.05) is 12.1 Å². The monoisotopic (exact) mass is 289 g/mol. The third-order valence-electron chi connectivity index (χ3n) is 3.15. The van der Waals surface area contributed by atoms with Crippen molar-refractivity contribution in [3.8, 4) is 11.5 Å². The quantitative estimate of drug-likeness (QED) is 0.565. The molecule has 4 heteroatoms. The number of hydrogen-bond acceptors (Lipinski definition) is 4. The summed E-state index contributed by atoms with van der Waals surface area (Å²) < 4.78 is 0. The van der Waals surface area contributed by atoms with E-state index in [-0.39, 0.29) is 11.5 Å². The first-order valence-corrected chi connectivity index (χ1v) is 7.76. The van der Waals surface area contributed by atoms with Crippen LogP contribution in [0.15, 0.2) is 47.4 Å². The minimum Gasteiger partial charge on any atom is -0.508 e. The highest BCUT2D eigenvalue weighted by Gasteiger charge is 2.03. The Morgan fingerprint density at radius 1 is 1.05 bits per heavy atom. The van der Waals surface area contributed by atoms with Crippen LogP contribution in [0, 0.1) is 0 Å². The van der Waals surface area contributed by atoms with E-state index >= 15 is 0 Å². The largest absolute Gasteiger partial charge is 0.508 e. The molecule has 0 saturated carbocycles. The molecule has 106 valence electrons. The lowest BCUT2D eigenvalue weighted by Crippen LogP contribution is -2.17. The van der Waals surface area contributed by atoms with Crippen molar-refractivity contribution < 1.29 is 10.2 Å². The van der Waals surface area contributed by atoms with E-state index in [2.05, 4.69) is 23.7 Å². The predicted octanol–water partition coefficient (Wildman–Crippen LogP) is 3.15. The van der Waals surface area contributed by atoms with E-state index in [0.717, 1.165) is 25.1 Å². The molecule has 2 rings (SSSR count). The highest BCUT2D eigenvalue weighted by molar-refractivity contribution is 7.98. The zero-order valence-electron chi connectivity index (χ0n) is 11.5. The van der Waals surface area contributed by atoms with E-state index in [1.165, 1.54) is 16.5 Å². The van der Waals surface area contributed by atoms with Gasteiger partial charge in [0.15, 0.2) is 0 Å². The number of phenolic OH excluding ortho intramolecular Hbond substituents is 2. The summed E-state index contributed by atoms with van der Waals surface area (Å²) in [5, 5.41) is 22.3. The van der Waals surface area contributed by atoms with Gasteiger partial charge in [0.2, 0.25) is 0 Å². The molecule has 3 N–H and O–H groups in total. The molecule has 0 aliphatic carbocycles. The minimum atomic E-state index is 0.0908. The summed E-state index contributed by atoms with van der Waals surface area (Å²) in [4.78, 5) is 1.28. The number of phenols is 2. The third-order valence-corrected chi connectivity index (χ3v) is 3.99. The Bertz CT molecular complexity index is 572. The fourth-order valence-electron chi connectivity index (χ4n) is 2.06. The molecule has 0 atom stereocenters. The van der Waals surface area contributed by atoms with Gasteiger partial charge in [0.1, 0.15) is 11.5 Å². The summed E-state index contributed by atoms with van der Waals surface area (Å²) >= 11 is 1.75. The number of benzene rings is 2. The first kappa shape index (κ1) is 14.8.